The van der Waals surface area contributed by atoms with E-state index >= 15 is 0 Å². The van der Waals surface area contributed by atoms with Gasteiger partial charge >= 0.3 is 0 Å². The standard InChI is InChI=1S/C13H31N3/c1-6-13(7-2,12-14)16(8-3)11-9-10-15(4)5/h6-12,14H2,1-5H3. The third-order valence-electron chi connectivity index (χ3n) is 3.78. The van der Waals surface area contributed by atoms with Gasteiger partial charge in [0.05, 0.1) is 0 Å². The van der Waals surface area contributed by atoms with Crippen LogP contribution >= 0.6 is 0 Å². The quantitative estimate of drug-likeness (QED) is 0.654. The van der Waals surface area contributed by atoms with E-state index in [4.69, 9.17) is 5.73 Å². The molecule has 0 aromatic rings. The lowest BCUT2D eigenvalue weighted by atomic mass is 9.90. The van der Waals surface area contributed by atoms with Crippen LogP contribution in [-0.4, -0.2) is 55.6 Å². The first kappa shape index (κ1) is 15.9. The molecule has 0 aromatic heterocycles. The molecule has 2 N–H and O–H groups in total. The van der Waals surface area contributed by atoms with E-state index in [0.29, 0.717) is 0 Å². The van der Waals surface area contributed by atoms with Crippen LogP contribution in [0.3, 0.4) is 0 Å². The Hall–Kier alpha value is -0.120. The third-order valence-corrected chi connectivity index (χ3v) is 3.78. The second-order valence-electron chi connectivity index (χ2n) is 4.87. The first-order valence-electron chi connectivity index (χ1n) is 6.66. The van der Waals surface area contributed by atoms with Gasteiger partial charge in [-0.3, -0.25) is 4.90 Å². The fourth-order valence-corrected chi connectivity index (χ4v) is 2.42. The van der Waals surface area contributed by atoms with Crippen LogP contribution in [-0.2, 0) is 0 Å². The normalized spacial score (nSPS) is 12.8. The molecular weight excluding hydrogens is 198 g/mol. The van der Waals surface area contributed by atoms with E-state index in [-0.39, 0.29) is 5.54 Å². The van der Waals surface area contributed by atoms with Crippen molar-refractivity contribution >= 4 is 0 Å². The van der Waals surface area contributed by atoms with Crippen LogP contribution in [0.15, 0.2) is 0 Å². The molecule has 3 nitrogen and oxygen atoms in total. The molecule has 0 aromatic carbocycles. The van der Waals surface area contributed by atoms with Crippen molar-refractivity contribution in [3.63, 3.8) is 0 Å². The summed E-state index contributed by atoms with van der Waals surface area (Å²) in [4.78, 5) is 4.81. The summed E-state index contributed by atoms with van der Waals surface area (Å²) in [6, 6.07) is 0. The molecule has 3 heteroatoms. The molecule has 0 unspecified atom stereocenters. The van der Waals surface area contributed by atoms with Crippen LogP contribution in [0.5, 0.6) is 0 Å². The van der Waals surface area contributed by atoms with Crippen LogP contribution in [0.1, 0.15) is 40.0 Å². The van der Waals surface area contributed by atoms with Crippen molar-refractivity contribution in [3.8, 4) is 0 Å². The predicted octanol–water partition coefficient (Wildman–Crippen LogP) is 1.78. The third kappa shape index (κ3) is 4.40. The summed E-state index contributed by atoms with van der Waals surface area (Å²) in [5.41, 5.74) is 6.21. The highest BCUT2D eigenvalue weighted by Gasteiger charge is 2.30. The van der Waals surface area contributed by atoms with Crippen molar-refractivity contribution in [1.82, 2.24) is 9.80 Å². The first-order chi connectivity index (χ1) is 7.56. The van der Waals surface area contributed by atoms with Gasteiger partial charge in [0.15, 0.2) is 0 Å². The van der Waals surface area contributed by atoms with Crippen molar-refractivity contribution in [2.24, 2.45) is 5.73 Å². The van der Waals surface area contributed by atoms with Gasteiger partial charge in [-0.1, -0.05) is 20.8 Å². The molecule has 0 saturated carbocycles. The number of hydrogen-bond donors (Lipinski definition) is 1. The Labute approximate surface area is 102 Å². The Balaban J connectivity index is 4.32. The number of hydrogen-bond acceptors (Lipinski definition) is 3. The van der Waals surface area contributed by atoms with E-state index in [1.54, 1.807) is 0 Å². The van der Waals surface area contributed by atoms with Gasteiger partial charge in [-0.2, -0.15) is 0 Å². The zero-order valence-electron chi connectivity index (χ0n) is 11.9. The lowest BCUT2D eigenvalue weighted by Gasteiger charge is -2.42. The van der Waals surface area contributed by atoms with Gasteiger partial charge in [-0.05, 0) is 53.0 Å². The zero-order chi connectivity index (χ0) is 12.6. The van der Waals surface area contributed by atoms with Crippen molar-refractivity contribution in [3.05, 3.63) is 0 Å². The summed E-state index contributed by atoms with van der Waals surface area (Å²) in [6.45, 7) is 10.9. The van der Waals surface area contributed by atoms with Crippen molar-refractivity contribution < 1.29 is 0 Å². The van der Waals surface area contributed by atoms with Gasteiger partial charge in [0.2, 0.25) is 0 Å². The van der Waals surface area contributed by atoms with Crippen molar-refractivity contribution in [1.29, 1.82) is 0 Å². The van der Waals surface area contributed by atoms with Crippen LogP contribution in [0, 0.1) is 0 Å². The van der Waals surface area contributed by atoms with Gasteiger partial charge < -0.3 is 10.6 Å². The summed E-state index contributed by atoms with van der Waals surface area (Å²) in [5.74, 6) is 0. The molecule has 0 fully saturated rings. The summed E-state index contributed by atoms with van der Waals surface area (Å²) < 4.78 is 0. The summed E-state index contributed by atoms with van der Waals surface area (Å²) in [5, 5.41) is 0. The highest BCUT2D eigenvalue weighted by Crippen LogP contribution is 2.22. The SMILES string of the molecule is CCN(CCCN(C)C)C(CC)(CC)CN. The Morgan fingerprint density at radius 2 is 1.56 bits per heavy atom. The van der Waals surface area contributed by atoms with E-state index in [0.717, 1.165) is 39.0 Å². The molecule has 16 heavy (non-hydrogen) atoms. The van der Waals surface area contributed by atoms with Gasteiger partial charge in [-0.25, -0.2) is 0 Å². The van der Waals surface area contributed by atoms with Gasteiger partial charge in [0.1, 0.15) is 0 Å². The summed E-state index contributed by atoms with van der Waals surface area (Å²) in [7, 11) is 4.26. The molecule has 0 aliphatic rings. The van der Waals surface area contributed by atoms with Crippen LogP contribution in [0.25, 0.3) is 0 Å². The molecule has 0 spiro atoms. The molecule has 98 valence electrons. The monoisotopic (exact) mass is 229 g/mol. The molecular formula is C13H31N3. The smallest absolute Gasteiger partial charge is 0.0326 e. The summed E-state index contributed by atoms with van der Waals surface area (Å²) in [6.07, 6.45) is 3.52. The zero-order valence-corrected chi connectivity index (χ0v) is 11.9. The Kier molecular flexibility index (Phi) is 7.98. The van der Waals surface area contributed by atoms with Crippen molar-refractivity contribution in [2.45, 2.75) is 45.6 Å². The molecule has 0 amide bonds. The topological polar surface area (TPSA) is 32.5 Å². The van der Waals surface area contributed by atoms with Crippen LogP contribution < -0.4 is 5.73 Å². The van der Waals surface area contributed by atoms with E-state index in [9.17, 15) is 0 Å². The molecule has 0 radical (unpaired) electrons. The fraction of sp³-hybridized carbons (Fsp3) is 1.00. The maximum absolute atomic E-state index is 5.98. The summed E-state index contributed by atoms with van der Waals surface area (Å²) >= 11 is 0. The number of nitrogens with two attached hydrogens (primary N) is 1. The van der Waals surface area contributed by atoms with Crippen LogP contribution in [0.4, 0.5) is 0 Å². The van der Waals surface area contributed by atoms with Gasteiger partial charge in [0.25, 0.3) is 0 Å². The molecule has 0 aliphatic heterocycles. The number of nitrogens with zero attached hydrogens (tertiary/aromatic N) is 2. The van der Waals surface area contributed by atoms with E-state index < -0.39 is 0 Å². The minimum absolute atomic E-state index is 0.223. The maximum Gasteiger partial charge on any atom is 0.0326 e. The lowest BCUT2D eigenvalue weighted by molar-refractivity contribution is 0.0870. The molecule has 0 heterocycles. The number of likely N-dealkylation sites (N-methyl/N-ethyl adjacent to an activating group) is 1. The molecule has 0 saturated heterocycles. The Morgan fingerprint density at radius 1 is 1.00 bits per heavy atom. The number of rotatable bonds is 9. The Bertz CT molecular complexity index is 156. The largest absolute Gasteiger partial charge is 0.329 e. The lowest BCUT2D eigenvalue weighted by Crippen LogP contribution is -2.53. The minimum atomic E-state index is 0.223. The van der Waals surface area contributed by atoms with E-state index in [1.807, 2.05) is 0 Å². The predicted molar refractivity (Wildman–Crippen MR) is 72.8 cm³/mol. The van der Waals surface area contributed by atoms with Crippen LogP contribution in [0.2, 0.25) is 0 Å². The fourth-order valence-electron chi connectivity index (χ4n) is 2.42. The minimum Gasteiger partial charge on any atom is -0.329 e. The molecule has 0 atom stereocenters. The maximum atomic E-state index is 5.98. The van der Waals surface area contributed by atoms with E-state index in [2.05, 4.69) is 44.7 Å². The van der Waals surface area contributed by atoms with Gasteiger partial charge in [0, 0.05) is 12.1 Å². The second-order valence-corrected chi connectivity index (χ2v) is 4.87. The highest BCUT2D eigenvalue weighted by atomic mass is 15.2. The van der Waals surface area contributed by atoms with E-state index in [1.165, 1.54) is 6.42 Å². The van der Waals surface area contributed by atoms with Gasteiger partial charge in [-0.15, -0.1) is 0 Å². The molecule has 0 aliphatic carbocycles. The molecule has 0 rings (SSSR count). The highest BCUT2D eigenvalue weighted by molar-refractivity contribution is 4.89. The Morgan fingerprint density at radius 3 is 1.88 bits per heavy atom. The average molecular weight is 229 g/mol. The average Bonchev–Trinajstić information content (AvgIpc) is 2.29. The van der Waals surface area contributed by atoms with Crippen molar-refractivity contribution in [2.75, 3.05) is 40.3 Å². The molecule has 0 bridgehead atoms. The second kappa shape index (κ2) is 8.04. The first-order valence-corrected chi connectivity index (χ1v) is 6.66.